The van der Waals surface area contributed by atoms with Crippen LogP contribution < -0.4 is 5.32 Å². The van der Waals surface area contributed by atoms with E-state index in [1.807, 2.05) is 6.92 Å². The Hall–Kier alpha value is -0.650. The zero-order valence-electron chi connectivity index (χ0n) is 11.0. The van der Waals surface area contributed by atoms with Crippen LogP contribution in [0.3, 0.4) is 0 Å². The van der Waals surface area contributed by atoms with Crippen LogP contribution >= 0.6 is 0 Å². The number of amides is 1. The smallest absolute Gasteiger partial charge is 0.228 e. The van der Waals surface area contributed by atoms with Crippen molar-refractivity contribution in [1.82, 2.24) is 10.2 Å². The Kier molecular flexibility index (Phi) is 5.36. The van der Waals surface area contributed by atoms with Crippen molar-refractivity contribution in [2.75, 3.05) is 40.4 Å². The summed E-state index contributed by atoms with van der Waals surface area (Å²) in [6, 6.07) is 0. The van der Waals surface area contributed by atoms with Crippen LogP contribution in [0.1, 0.15) is 19.8 Å². The minimum atomic E-state index is -0.612. The van der Waals surface area contributed by atoms with Gasteiger partial charge in [-0.25, -0.2) is 0 Å². The summed E-state index contributed by atoms with van der Waals surface area (Å²) in [5, 5.41) is 12.9. The molecule has 100 valence electrons. The molecule has 1 aliphatic heterocycles. The minimum absolute atomic E-state index is 0.120. The van der Waals surface area contributed by atoms with Gasteiger partial charge in [0.1, 0.15) is 0 Å². The van der Waals surface area contributed by atoms with E-state index < -0.39 is 6.10 Å². The van der Waals surface area contributed by atoms with E-state index in [0.717, 1.165) is 25.9 Å². The highest BCUT2D eigenvalue weighted by atomic mass is 16.5. The molecule has 0 bridgehead atoms. The van der Waals surface area contributed by atoms with Gasteiger partial charge in [0.05, 0.1) is 12.7 Å². The van der Waals surface area contributed by atoms with E-state index >= 15 is 0 Å². The minimum Gasteiger partial charge on any atom is -0.389 e. The Morgan fingerprint density at radius 2 is 2.12 bits per heavy atom. The van der Waals surface area contributed by atoms with Crippen LogP contribution in [0.25, 0.3) is 0 Å². The summed E-state index contributed by atoms with van der Waals surface area (Å²) in [6.45, 7) is 4.37. The molecule has 0 aromatic heterocycles. The van der Waals surface area contributed by atoms with Crippen molar-refractivity contribution >= 4 is 5.91 Å². The number of likely N-dealkylation sites (N-methyl/N-ethyl adjacent to an activating group) is 1. The number of nitrogens with one attached hydrogen (secondary N) is 1. The second-order valence-electron chi connectivity index (χ2n) is 5.11. The number of nitrogens with zero attached hydrogens (tertiary/aromatic N) is 1. The molecular formula is C12H24N2O3. The lowest BCUT2D eigenvalue weighted by Gasteiger charge is -2.36. The van der Waals surface area contributed by atoms with E-state index in [2.05, 4.69) is 5.32 Å². The number of carbonyl (C=O) groups excluding carboxylic acids is 1. The lowest BCUT2D eigenvalue weighted by Crippen LogP contribution is -2.48. The molecule has 1 aliphatic rings. The lowest BCUT2D eigenvalue weighted by atomic mass is 9.79. The maximum absolute atomic E-state index is 12.3. The molecule has 1 rings (SSSR count). The van der Waals surface area contributed by atoms with Crippen LogP contribution in [0, 0.1) is 5.41 Å². The van der Waals surface area contributed by atoms with Crippen molar-refractivity contribution in [3.63, 3.8) is 0 Å². The van der Waals surface area contributed by atoms with Crippen molar-refractivity contribution < 1.29 is 14.6 Å². The van der Waals surface area contributed by atoms with Crippen LogP contribution in [0.15, 0.2) is 0 Å². The third-order valence-corrected chi connectivity index (χ3v) is 3.41. The van der Waals surface area contributed by atoms with Crippen LogP contribution in [-0.4, -0.2) is 62.4 Å². The molecule has 1 unspecified atom stereocenters. The average molecular weight is 244 g/mol. The predicted octanol–water partition coefficient (Wildman–Crippen LogP) is -0.158. The van der Waals surface area contributed by atoms with Crippen LogP contribution in [0.5, 0.6) is 0 Å². The van der Waals surface area contributed by atoms with Crippen LogP contribution in [0.4, 0.5) is 0 Å². The van der Waals surface area contributed by atoms with Gasteiger partial charge in [-0.3, -0.25) is 4.79 Å². The van der Waals surface area contributed by atoms with E-state index in [4.69, 9.17) is 4.74 Å². The Morgan fingerprint density at radius 1 is 1.53 bits per heavy atom. The Bertz CT molecular complexity index is 252. The third kappa shape index (κ3) is 3.94. The first kappa shape index (κ1) is 14.4. The molecule has 5 nitrogen and oxygen atoms in total. The summed E-state index contributed by atoms with van der Waals surface area (Å²) in [5.74, 6) is 0.120. The molecule has 0 aliphatic carbocycles. The number of methoxy groups -OCH3 is 1. The zero-order valence-corrected chi connectivity index (χ0v) is 11.0. The van der Waals surface area contributed by atoms with E-state index in [9.17, 15) is 9.90 Å². The molecule has 1 saturated heterocycles. The van der Waals surface area contributed by atoms with Crippen molar-refractivity contribution in [3.05, 3.63) is 0 Å². The fourth-order valence-corrected chi connectivity index (χ4v) is 2.30. The van der Waals surface area contributed by atoms with Crippen LogP contribution in [0.2, 0.25) is 0 Å². The Balaban J connectivity index is 2.50. The predicted molar refractivity (Wildman–Crippen MR) is 65.7 cm³/mol. The molecule has 0 aromatic rings. The van der Waals surface area contributed by atoms with Gasteiger partial charge in [-0.1, -0.05) is 6.92 Å². The summed E-state index contributed by atoms with van der Waals surface area (Å²) in [5.41, 5.74) is -0.285. The van der Waals surface area contributed by atoms with Gasteiger partial charge in [0.25, 0.3) is 0 Å². The molecule has 1 fully saturated rings. The Labute approximate surface area is 103 Å². The fourth-order valence-electron chi connectivity index (χ4n) is 2.30. The van der Waals surface area contributed by atoms with Crippen LogP contribution in [-0.2, 0) is 9.53 Å². The largest absolute Gasteiger partial charge is 0.389 e. The summed E-state index contributed by atoms with van der Waals surface area (Å²) in [7, 11) is 3.29. The first-order chi connectivity index (χ1) is 7.99. The first-order valence-electron chi connectivity index (χ1n) is 6.13. The maximum Gasteiger partial charge on any atom is 0.228 e. The molecule has 1 atom stereocenters. The summed E-state index contributed by atoms with van der Waals surface area (Å²) in [6.07, 6.45) is 1.10. The standard InChI is InChI=1S/C12H24N2O3/c1-12(4-6-13-7-5-12)11(16)14(2)8-10(15)9-17-3/h10,13,15H,4-9H2,1-3H3. The molecule has 1 heterocycles. The molecular weight excluding hydrogens is 220 g/mol. The second kappa shape index (κ2) is 6.33. The third-order valence-electron chi connectivity index (χ3n) is 3.41. The van der Waals surface area contributed by atoms with E-state index in [-0.39, 0.29) is 17.9 Å². The lowest BCUT2D eigenvalue weighted by molar-refractivity contribution is -0.143. The van der Waals surface area contributed by atoms with Crippen molar-refractivity contribution in [1.29, 1.82) is 0 Å². The monoisotopic (exact) mass is 244 g/mol. The average Bonchev–Trinajstić information content (AvgIpc) is 2.29. The van der Waals surface area contributed by atoms with Gasteiger partial charge in [-0.2, -0.15) is 0 Å². The number of hydrogen-bond acceptors (Lipinski definition) is 4. The van der Waals surface area contributed by atoms with E-state index in [0.29, 0.717) is 6.54 Å². The quantitative estimate of drug-likeness (QED) is 0.705. The summed E-state index contributed by atoms with van der Waals surface area (Å²) < 4.78 is 4.86. The molecule has 0 saturated carbocycles. The Morgan fingerprint density at radius 3 is 2.65 bits per heavy atom. The summed E-state index contributed by atoms with van der Waals surface area (Å²) >= 11 is 0. The highest BCUT2D eigenvalue weighted by Crippen LogP contribution is 2.29. The van der Waals surface area contributed by atoms with Crippen molar-refractivity contribution in [2.24, 2.45) is 5.41 Å². The molecule has 0 radical (unpaired) electrons. The molecule has 5 heteroatoms. The van der Waals surface area contributed by atoms with E-state index in [1.54, 1.807) is 19.1 Å². The topological polar surface area (TPSA) is 61.8 Å². The number of aliphatic hydroxyl groups excluding tert-OH is 1. The van der Waals surface area contributed by atoms with Gasteiger partial charge in [0.15, 0.2) is 0 Å². The molecule has 17 heavy (non-hydrogen) atoms. The first-order valence-corrected chi connectivity index (χ1v) is 6.13. The van der Waals surface area contributed by atoms with Gasteiger partial charge in [-0.15, -0.1) is 0 Å². The van der Waals surface area contributed by atoms with Crippen molar-refractivity contribution in [3.8, 4) is 0 Å². The maximum atomic E-state index is 12.3. The number of aliphatic hydroxyl groups is 1. The SMILES string of the molecule is COCC(O)CN(C)C(=O)C1(C)CCNCC1. The molecule has 0 aromatic carbocycles. The number of ether oxygens (including phenoxy) is 1. The van der Waals surface area contributed by atoms with Gasteiger partial charge < -0.3 is 20.1 Å². The normalized spacial score (nSPS) is 20.9. The number of piperidine rings is 1. The van der Waals surface area contributed by atoms with Gasteiger partial charge in [0, 0.05) is 26.1 Å². The van der Waals surface area contributed by atoms with Crippen molar-refractivity contribution in [2.45, 2.75) is 25.9 Å². The summed E-state index contributed by atoms with van der Waals surface area (Å²) in [4.78, 5) is 13.9. The number of hydrogen-bond donors (Lipinski definition) is 2. The highest BCUT2D eigenvalue weighted by Gasteiger charge is 2.36. The second-order valence-corrected chi connectivity index (χ2v) is 5.11. The van der Waals surface area contributed by atoms with Gasteiger partial charge in [-0.05, 0) is 25.9 Å². The van der Waals surface area contributed by atoms with E-state index in [1.165, 1.54) is 0 Å². The number of carbonyl (C=O) groups is 1. The molecule has 0 spiro atoms. The zero-order chi connectivity index (χ0) is 12.9. The van der Waals surface area contributed by atoms with Gasteiger partial charge in [0.2, 0.25) is 5.91 Å². The number of rotatable bonds is 5. The molecule has 2 N–H and O–H groups in total. The molecule has 1 amide bonds. The highest BCUT2D eigenvalue weighted by molar-refractivity contribution is 5.82. The van der Waals surface area contributed by atoms with Gasteiger partial charge >= 0.3 is 0 Å². The fraction of sp³-hybridized carbons (Fsp3) is 0.917.